The summed E-state index contributed by atoms with van der Waals surface area (Å²) >= 11 is 0. The molecule has 1 fully saturated rings. The van der Waals surface area contributed by atoms with E-state index in [1.54, 1.807) is 25.3 Å². The smallest absolute Gasteiger partial charge is 0.336 e. The fourth-order valence-electron chi connectivity index (χ4n) is 4.28. The number of fused-ring (bicyclic) bond motifs is 2. The summed E-state index contributed by atoms with van der Waals surface area (Å²) in [7, 11) is 1.77. The van der Waals surface area contributed by atoms with Crippen LogP contribution in [0.15, 0.2) is 42.7 Å². The van der Waals surface area contributed by atoms with Crippen LogP contribution in [0.5, 0.6) is 5.75 Å². The van der Waals surface area contributed by atoms with Crippen LogP contribution in [-0.2, 0) is 6.54 Å². The number of aromatic carboxylic acids is 1. The van der Waals surface area contributed by atoms with Crippen LogP contribution in [0.3, 0.4) is 0 Å². The molecule has 31 heavy (non-hydrogen) atoms. The van der Waals surface area contributed by atoms with Gasteiger partial charge >= 0.3 is 5.97 Å². The maximum absolute atomic E-state index is 10.7. The van der Waals surface area contributed by atoms with Crippen molar-refractivity contribution in [3.8, 4) is 5.75 Å². The molecule has 4 aromatic rings. The van der Waals surface area contributed by atoms with Crippen molar-refractivity contribution in [2.24, 2.45) is 0 Å². The summed E-state index contributed by atoms with van der Waals surface area (Å²) in [4.78, 5) is 16.6. The highest BCUT2D eigenvalue weighted by Crippen LogP contribution is 2.32. The van der Waals surface area contributed by atoms with E-state index >= 15 is 0 Å². The van der Waals surface area contributed by atoms with Crippen LogP contribution in [0.4, 0.5) is 0 Å². The zero-order valence-electron chi connectivity index (χ0n) is 17.9. The lowest BCUT2D eigenvalue weighted by Gasteiger charge is -2.27. The third-order valence-corrected chi connectivity index (χ3v) is 5.88. The van der Waals surface area contributed by atoms with Crippen LogP contribution >= 0.6 is 0 Å². The van der Waals surface area contributed by atoms with Crippen molar-refractivity contribution in [2.75, 3.05) is 20.2 Å². The van der Waals surface area contributed by atoms with Crippen molar-refractivity contribution in [3.63, 3.8) is 0 Å². The number of nitrogens with one attached hydrogen (secondary N) is 2. The summed E-state index contributed by atoms with van der Waals surface area (Å²) < 4.78 is 5.60. The van der Waals surface area contributed by atoms with E-state index in [9.17, 15) is 4.79 Å². The number of aromatic nitrogens is 3. The average Bonchev–Trinajstić information content (AvgIpc) is 3.46. The van der Waals surface area contributed by atoms with Crippen LogP contribution in [-0.4, -0.2) is 51.4 Å². The first kappa shape index (κ1) is 20.9. The molecule has 0 aliphatic carbocycles. The summed E-state index contributed by atoms with van der Waals surface area (Å²) in [5.41, 5.74) is 4.84. The molecule has 2 aromatic heterocycles. The van der Waals surface area contributed by atoms with E-state index in [0.29, 0.717) is 5.39 Å². The van der Waals surface area contributed by atoms with Crippen LogP contribution in [0.1, 0.15) is 40.7 Å². The average molecular weight is 421 g/mol. The molecule has 7 heteroatoms. The van der Waals surface area contributed by atoms with E-state index in [0.717, 1.165) is 17.8 Å². The molecule has 0 radical (unpaired) electrons. The number of carboxylic acid groups (broad SMARTS) is 1. The van der Waals surface area contributed by atoms with Crippen molar-refractivity contribution in [1.29, 1.82) is 0 Å². The summed E-state index contributed by atoms with van der Waals surface area (Å²) in [6.07, 6.45) is 7.56. The number of H-pyrrole nitrogens is 2. The van der Waals surface area contributed by atoms with Crippen molar-refractivity contribution in [1.82, 2.24) is 20.1 Å². The van der Waals surface area contributed by atoms with Crippen molar-refractivity contribution in [2.45, 2.75) is 32.7 Å². The molecule has 1 aliphatic heterocycles. The summed E-state index contributed by atoms with van der Waals surface area (Å²) in [6, 6.07) is 9.35. The predicted octanol–water partition coefficient (Wildman–Crippen LogP) is 4.73. The summed E-state index contributed by atoms with van der Waals surface area (Å²) in [5.74, 6) is 0.0946. The van der Waals surface area contributed by atoms with Crippen molar-refractivity contribution >= 4 is 27.8 Å². The predicted molar refractivity (Wildman–Crippen MR) is 122 cm³/mol. The second-order valence-corrected chi connectivity index (χ2v) is 7.92. The minimum absolute atomic E-state index is 0.279. The first-order valence-corrected chi connectivity index (χ1v) is 10.6. The number of rotatable bonds is 4. The molecule has 3 heterocycles. The highest BCUT2D eigenvalue weighted by molar-refractivity contribution is 6.02. The Labute approximate surface area is 181 Å². The lowest BCUT2D eigenvalue weighted by atomic mass is 10.0. The number of nitrogens with zero attached hydrogens (tertiary/aromatic N) is 2. The Bertz CT molecular complexity index is 1190. The maximum Gasteiger partial charge on any atom is 0.336 e. The topological polar surface area (TPSA) is 94.2 Å². The Kier molecular flexibility index (Phi) is 6.23. The first-order chi connectivity index (χ1) is 15.1. The molecule has 0 unspecified atom stereocenters. The molecule has 162 valence electrons. The molecular weight excluding hydrogens is 392 g/mol. The minimum Gasteiger partial charge on any atom is -0.496 e. The van der Waals surface area contributed by atoms with Gasteiger partial charge in [0, 0.05) is 34.6 Å². The third-order valence-electron chi connectivity index (χ3n) is 5.88. The Morgan fingerprint density at radius 1 is 1.19 bits per heavy atom. The molecule has 5 rings (SSSR count). The fraction of sp³-hybridized carbons (Fsp3) is 0.333. The highest BCUT2D eigenvalue weighted by atomic mass is 16.5. The van der Waals surface area contributed by atoms with Crippen LogP contribution in [0.25, 0.3) is 21.8 Å². The molecule has 0 amide bonds. The number of carboxylic acids is 1. The van der Waals surface area contributed by atoms with Gasteiger partial charge in [0.05, 0.1) is 24.4 Å². The molecule has 0 bridgehead atoms. The minimum atomic E-state index is -0.929. The number of benzene rings is 2. The monoisotopic (exact) mass is 420 g/mol. The molecule has 2 aromatic carbocycles. The van der Waals surface area contributed by atoms with Gasteiger partial charge < -0.3 is 14.8 Å². The number of hydrogen-bond acceptors (Lipinski definition) is 4. The van der Waals surface area contributed by atoms with Gasteiger partial charge in [0.1, 0.15) is 5.75 Å². The van der Waals surface area contributed by atoms with E-state index in [4.69, 9.17) is 9.84 Å². The molecule has 0 atom stereocenters. The van der Waals surface area contributed by atoms with Gasteiger partial charge in [-0.1, -0.05) is 12.5 Å². The number of methoxy groups -OCH3 is 1. The SMILES string of the molecule is COc1cc(C)c2[nH]ccc2c1CN1CCCCC1.O=C(O)c1cccc2[nH]ncc12. The van der Waals surface area contributed by atoms with Gasteiger partial charge in [-0.15, -0.1) is 0 Å². The van der Waals surface area contributed by atoms with E-state index in [1.807, 2.05) is 6.20 Å². The number of aryl methyl sites for hydroxylation is 1. The largest absolute Gasteiger partial charge is 0.496 e. The molecule has 1 saturated heterocycles. The Morgan fingerprint density at radius 2 is 2.00 bits per heavy atom. The number of hydrogen-bond donors (Lipinski definition) is 3. The Hall–Kier alpha value is -3.32. The summed E-state index contributed by atoms with van der Waals surface area (Å²) in [5, 5.41) is 17.2. The van der Waals surface area contributed by atoms with Gasteiger partial charge in [-0.2, -0.15) is 5.10 Å². The van der Waals surface area contributed by atoms with Gasteiger partial charge in [-0.3, -0.25) is 10.00 Å². The molecule has 7 nitrogen and oxygen atoms in total. The lowest BCUT2D eigenvalue weighted by molar-refractivity contribution is 0.0699. The maximum atomic E-state index is 10.7. The van der Waals surface area contributed by atoms with Crippen LogP contribution in [0.2, 0.25) is 0 Å². The zero-order chi connectivity index (χ0) is 21.8. The number of piperidine rings is 1. The fourth-order valence-corrected chi connectivity index (χ4v) is 4.28. The zero-order valence-corrected chi connectivity index (χ0v) is 17.9. The second-order valence-electron chi connectivity index (χ2n) is 7.92. The van der Waals surface area contributed by atoms with Gasteiger partial charge in [0.2, 0.25) is 0 Å². The van der Waals surface area contributed by atoms with E-state index in [2.05, 4.69) is 39.1 Å². The van der Waals surface area contributed by atoms with Gasteiger partial charge in [0.25, 0.3) is 0 Å². The highest BCUT2D eigenvalue weighted by Gasteiger charge is 2.17. The molecule has 0 spiro atoms. The van der Waals surface area contributed by atoms with E-state index in [1.165, 1.54) is 60.6 Å². The third kappa shape index (κ3) is 4.41. The van der Waals surface area contributed by atoms with Crippen LogP contribution < -0.4 is 4.74 Å². The Balaban J connectivity index is 0.000000166. The van der Waals surface area contributed by atoms with Gasteiger partial charge in [-0.25, -0.2) is 4.79 Å². The van der Waals surface area contributed by atoms with Crippen LogP contribution in [0, 0.1) is 6.92 Å². The van der Waals surface area contributed by atoms with Gasteiger partial charge in [-0.05, 0) is 62.7 Å². The normalized spacial score (nSPS) is 14.4. The number of ether oxygens (including phenoxy) is 1. The quantitative estimate of drug-likeness (QED) is 0.444. The number of likely N-dealkylation sites (tertiary alicyclic amines) is 1. The standard InChI is InChI=1S/C16H22N2O.C8H6N2O2/c1-12-10-15(19-2)14(13-6-7-17-16(12)13)11-18-8-4-3-5-9-18;11-8(12)5-2-1-3-7-6(5)4-9-10-7/h6-7,10,17H,3-5,8-9,11H2,1-2H3;1-4H,(H,9,10)(H,11,12). The summed E-state index contributed by atoms with van der Waals surface area (Å²) in [6.45, 7) is 5.55. The molecule has 3 N–H and O–H groups in total. The van der Waals surface area contributed by atoms with E-state index < -0.39 is 5.97 Å². The number of carbonyl (C=O) groups is 1. The Morgan fingerprint density at radius 3 is 2.74 bits per heavy atom. The van der Waals surface area contributed by atoms with Crippen molar-refractivity contribution < 1.29 is 14.6 Å². The molecular formula is C24H28N4O3. The number of aromatic amines is 2. The lowest BCUT2D eigenvalue weighted by Crippen LogP contribution is -2.29. The van der Waals surface area contributed by atoms with Crippen molar-refractivity contribution in [3.05, 3.63) is 59.4 Å². The molecule has 1 aliphatic rings. The first-order valence-electron chi connectivity index (χ1n) is 10.6. The molecule has 0 saturated carbocycles. The van der Waals surface area contributed by atoms with Gasteiger partial charge in [0.15, 0.2) is 0 Å². The van der Waals surface area contributed by atoms with E-state index in [-0.39, 0.29) is 5.56 Å². The second kappa shape index (κ2) is 9.22.